The van der Waals surface area contributed by atoms with Crippen LogP contribution in [0.5, 0.6) is 0 Å². The van der Waals surface area contributed by atoms with Crippen molar-refractivity contribution in [2.75, 3.05) is 19.7 Å². The first-order valence-electron chi connectivity index (χ1n) is 6.41. The third-order valence-electron chi connectivity index (χ3n) is 2.91. The summed E-state index contributed by atoms with van der Waals surface area (Å²) in [4.78, 5) is 24.1. The highest BCUT2D eigenvalue weighted by atomic mass is 32.1. The molecular formula is C13H18N2O3S. The third-order valence-corrected chi connectivity index (χ3v) is 3.79. The summed E-state index contributed by atoms with van der Waals surface area (Å²) in [6, 6.07) is 3.81. The number of carbonyl (C=O) groups excluding carboxylic acids is 2. The Morgan fingerprint density at radius 2 is 2.26 bits per heavy atom. The van der Waals surface area contributed by atoms with Crippen LogP contribution in [0.1, 0.15) is 17.7 Å². The van der Waals surface area contributed by atoms with Crippen molar-refractivity contribution in [2.45, 2.75) is 25.4 Å². The van der Waals surface area contributed by atoms with Crippen LogP contribution in [-0.4, -0.2) is 37.6 Å². The fourth-order valence-corrected chi connectivity index (χ4v) is 2.61. The maximum atomic E-state index is 11.6. The molecule has 1 atom stereocenters. The van der Waals surface area contributed by atoms with Crippen LogP contribution in [0.25, 0.3) is 0 Å². The van der Waals surface area contributed by atoms with Gasteiger partial charge in [-0.25, -0.2) is 0 Å². The molecule has 1 saturated heterocycles. The molecule has 104 valence electrons. The number of rotatable bonds is 6. The topological polar surface area (TPSA) is 67.4 Å². The molecular weight excluding hydrogens is 264 g/mol. The molecule has 0 radical (unpaired) electrons. The largest absolute Gasteiger partial charge is 0.376 e. The number of amides is 2. The zero-order valence-corrected chi connectivity index (χ0v) is 11.5. The van der Waals surface area contributed by atoms with E-state index >= 15 is 0 Å². The summed E-state index contributed by atoms with van der Waals surface area (Å²) >= 11 is 1.53. The standard InChI is InChI=1S/C13H18N2O3S/c16-12(7-11-4-2-6-19-11)15-9-13(17)14-8-10-3-1-5-18-10/h2,4,6,10H,1,3,5,7-9H2,(H,14,17)(H,15,16). The van der Waals surface area contributed by atoms with Crippen LogP contribution in [0.3, 0.4) is 0 Å². The Morgan fingerprint density at radius 3 is 2.95 bits per heavy atom. The molecule has 2 amide bonds. The maximum Gasteiger partial charge on any atom is 0.239 e. The van der Waals surface area contributed by atoms with E-state index in [1.54, 1.807) is 0 Å². The summed E-state index contributed by atoms with van der Waals surface area (Å²) in [5.41, 5.74) is 0. The summed E-state index contributed by atoms with van der Waals surface area (Å²) in [5.74, 6) is -0.301. The van der Waals surface area contributed by atoms with Crippen LogP contribution in [0.15, 0.2) is 17.5 Å². The van der Waals surface area contributed by atoms with Crippen LogP contribution in [-0.2, 0) is 20.7 Å². The Kier molecular flexibility index (Phi) is 5.35. The van der Waals surface area contributed by atoms with Gasteiger partial charge in [-0.15, -0.1) is 11.3 Å². The van der Waals surface area contributed by atoms with Crippen LogP contribution in [0.2, 0.25) is 0 Å². The van der Waals surface area contributed by atoms with Gasteiger partial charge in [-0.05, 0) is 24.3 Å². The van der Waals surface area contributed by atoms with Gasteiger partial charge in [-0.2, -0.15) is 0 Å². The molecule has 0 aromatic carbocycles. The summed E-state index contributed by atoms with van der Waals surface area (Å²) in [7, 11) is 0. The third kappa shape index (κ3) is 5.00. The molecule has 0 saturated carbocycles. The second kappa shape index (κ2) is 7.25. The monoisotopic (exact) mass is 282 g/mol. The predicted octanol–water partition coefficient (Wildman–Crippen LogP) is 0.702. The molecule has 2 heterocycles. The first-order valence-corrected chi connectivity index (χ1v) is 7.29. The molecule has 0 bridgehead atoms. The highest BCUT2D eigenvalue weighted by Gasteiger charge is 2.16. The van der Waals surface area contributed by atoms with E-state index in [0.29, 0.717) is 13.0 Å². The van der Waals surface area contributed by atoms with Gasteiger partial charge in [-0.3, -0.25) is 9.59 Å². The van der Waals surface area contributed by atoms with Gasteiger partial charge in [0.05, 0.1) is 19.1 Å². The van der Waals surface area contributed by atoms with Gasteiger partial charge in [-0.1, -0.05) is 6.07 Å². The molecule has 1 aliphatic rings. The van der Waals surface area contributed by atoms with Crippen LogP contribution < -0.4 is 10.6 Å². The van der Waals surface area contributed by atoms with E-state index in [2.05, 4.69) is 10.6 Å². The van der Waals surface area contributed by atoms with E-state index < -0.39 is 0 Å². The second-order valence-corrected chi connectivity index (χ2v) is 5.50. The maximum absolute atomic E-state index is 11.6. The second-order valence-electron chi connectivity index (χ2n) is 4.47. The van der Waals surface area contributed by atoms with E-state index in [9.17, 15) is 9.59 Å². The van der Waals surface area contributed by atoms with Crippen LogP contribution in [0.4, 0.5) is 0 Å². The van der Waals surface area contributed by atoms with Gasteiger partial charge in [0, 0.05) is 18.0 Å². The average molecular weight is 282 g/mol. The van der Waals surface area contributed by atoms with Crippen molar-refractivity contribution in [1.82, 2.24) is 10.6 Å². The number of ether oxygens (including phenoxy) is 1. The van der Waals surface area contributed by atoms with Crippen molar-refractivity contribution in [1.29, 1.82) is 0 Å². The van der Waals surface area contributed by atoms with E-state index in [1.165, 1.54) is 11.3 Å². The summed E-state index contributed by atoms with van der Waals surface area (Å²) in [5, 5.41) is 7.30. The van der Waals surface area contributed by atoms with E-state index in [-0.39, 0.29) is 24.5 Å². The molecule has 1 fully saturated rings. The Bertz CT molecular complexity index is 414. The van der Waals surface area contributed by atoms with Crippen molar-refractivity contribution < 1.29 is 14.3 Å². The molecule has 2 N–H and O–H groups in total. The molecule has 2 rings (SSSR count). The summed E-state index contributed by atoms with van der Waals surface area (Å²) in [6.45, 7) is 1.33. The van der Waals surface area contributed by atoms with Gasteiger partial charge in [0.2, 0.25) is 11.8 Å². The SMILES string of the molecule is O=C(CNC(=O)Cc1cccs1)NCC1CCCO1. The minimum absolute atomic E-state index is 0.0247. The fourth-order valence-electron chi connectivity index (χ4n) is 1.91. The zero-order chi connectivity index (χ0) is 13.5. The normalized spacial score (nSPS) is 18.2. The van der Waals surface area contributed by atoms with Crippen LogP contribution >= 0.6 is 11.3 Å². The molecule has 1 aromatic rings. The van der Waals surface area contributed by atoms with Crippen molar-refractivity contribution in [3.63, 3.8) is 0 Å². The van der Waals surface area contributed by atoms with Gasteiger partial charge in [0.25, 0.3) is 0 Å². The highest BCUT2D eigenvalue weighted by molar-refractivity contribution is 7.10. The molecule has 19 heavy (non-hydrogen) atoms. The van der Waals surface area contributed by atoms with E-state index in [1.807, 2.05) is 17.5 Å². The summed E-state index contributed by atoms with van der Waals surface area (Å²) in [6.07, 6.45) is 2.51. The van der Waals surface area contributed by atoms with Crippen molar-refractivity contribution in [2.24, 2.45) is 0 Å². The van der Waals surface area contributed by atoms with Crippen LogP contribution in [0, 0.1) is 0 Å². The number of hydrogen-bond acceptors (Lipinski definition) is 4. The lowest BCUT2D eigenvalue weighted by molar-refractivity contribution is -0.125. The van der Waals surface area contributed by atoms with Crippen molar-refractivity contribution in [3.05, 3.63) is 22.4 Å². The quantitative estimate of drug-likeness (QED) is 0.807. The minimum Gasteiger partial charge on any atom is -0.376 e. The molecule has 6 heteroatoms. The highest BCUT2D eigenvalue weighted by Crippen LogP contribution is 2.10. The molecule has 1 unspecified atom stereocenters. The van der Waals surface area contributed by atoms with Gasteiger partial charge >= 0.3 is 0 Å². The van der Waals surface area contributed by atoms with Gasteiger partial charge < -0.3 is 15.4 Å². The summed E-state index contributed by atoms with van der Waals surface area (Å²) < 4.78 is 5.40. The lowest BCUT2D eigenvalue weighted by atomic mass is 10.2. The zero-order valence-electron chi connectivity index (χ0n) is 10.7. The molecule has 1 aromatic heterocycles. The molecule has 1 aliphatic heterocycles. The Balaban J connectivity index is 1.58. The lowest BCUT2D eigenvalue weighted by Crippen LogP contribution is -2.40. The van der Waals surface area contributed by atoms with Gasteiger partial charge in [0.1, 0.15) is 0 Å². The Hall–Kier alpha value is -1.40. The number of thiophene rings is 1. The predicted molar refractivity (Wildman–Crippen MR) is 73.0 cm³/mol. The Morgan fingerprint density at radius 1 is 1.37 bits per heavy atom. The number of hydrogen-bond donors (Lipinski definition) is 2. The molecule has 5 nitrogen and oxygen atoms in total. The smallest absolute Gasteiger partial charge is 0.239 e. The first-order chi connectivity index (χ1) is 9.24. The first kappa shape index (κ1) is 14.0. The molecule has 0 aliphatic carbocycles. The van der Waals surface area contributed by atoms with Crippen molar-refractivity contribution >= 4 is 23.2 Å². The lowest BCUT2D eigenvalue weighted by Gasteiger charge is -2.11. The number of nitrogens with one attached hydrogen (secondary N) is 2. The Labute approximate surface area is 116 Å². The minimum atomic E-state index is -0.171. The van der Waals surface area contributed by atoms with E-state index in [4.69, 9.17) is 4.74 Å². The average Bonchev–Trinajstić information content (AvgIpc) is 3.06. The van der Waals surface area contributed by atoms with Gasteiger partial charge in [0.15, 0.2) is 0 Å². The van der Waals surface area contributed by atoms with E-state index in [0.717, 1.165) is 24.3 Å². The fraction of sp³-hybridized carbons (Fsp3) is 0.538. The number of carbonyl (C=O) groups is 2. The van der Waals surface area contributed by atoms with Crippen molar-refractivity contribution in [3.8, 4) is 0 Å². The molecule has 0 spiro atoms.